The number of halogens is 2. The standard InChI is InChI=1S/C14H18BrClN2/c1-9-6-11(8-18(9)12-3-4-12)17-10-2-5-14(16)13(15)7-10/h2,5,7,9,11-12,17H,3-4,6,8H2,1H3. The van der Waals surface area contributed by atoms with Crippen LogP contribution in [0.3, 0.4) is 0 Å². The fourth-order valence-corrected chi connectivity index (χ4v) is 3.39. The predicted molar refractivity (Wildman–Crippen MR) is 80.4 cm³/mol. The number of benzene rings is 1. The van der Waals surface area contributed by atoms with Crippen molar-refractivity contribution in [3.63, 3.8) is 0 Å². The average Bonchev–Trinajstić information content (AvgIpc) is 3.09. The van der Waals surface area contributed by atoms with Gasteiger partial charge in [-0.3, -0.25) is 4.90 Å². The molecule has 1 heterocycles. The summed E-state index contributed by atoms with van der Waals surface area (Å²) in [5.74, 6) is 0. The van der Waals surface area contributed by atoms with E-state index in [4.69, 9.17) is 11.6 Å². The van der Waals surface area contributed by atoms with Crippen molar-refractivity contribution >= 4 is 33.2 Å². The van der Waals surface area contributed by atoms with Crippen LogP contribution in [0.15, 0.2) is 22.7 Å². The van der Waals surface area contributed by atoms with Crippen LogP contribution in [0.25, 0.3) is 0 Å². The van der Waals surface area contributed by atoms with Gasteiger partial charge in [-0.1, -0.05) is 11.6 Å². The van der Waals surface area contributed by atoms with E-state index >= 15 is 0 Å². The molecule has 0 amide bonds. The summed E-state index contributed by atoms with van der Waals surface area (Å²) in [5.41, 5.74) is 1.15. The summed E-state index contributed by atoms with van der Waals surface area (Å²) in [5, 5.41) is 4.39. The van der Waals surface area contributed by atoms with Crippen LogP contribution in [0.2, 0.25) is 5.02 Å². The molecule has 1 aromatic rings. The number of nitrogens with one attached hydrogen (secondary N) is 1. The van der Waals surface area contributed by atoms with Crippen molar-refractivity contribution in [2.45, 2.75) is 44.3 Å². The van der Waals surface area contributed by atoms with Gasteiger partial charge in [-0.15, -0.1) is 0 Å². The van der Waals surface area contributed by atoms with Gasteiger partial charge in [0.05, 0.1) is 5.02 Å². The normalized spacial score (nSPS) is 28.6. The second kappa shape index (κ2) is 5.03. The minimum Gasteiger partial charge on any atom is -0.381 e. The molecule has 1 aliphatic heterocycles. The molecule has 1 aliphatic carbocycles. The molecule has 0 spiro atoms. The largest absolute Gasteiger partial charge is 0.381 e. The van der Waals surface area contributed by atoms with Crippen LogP contribution >= 0.6 is 27.5 Å². The summed E-state index contributed by atoms with van der Waals surface area (Å²) < 4.78 is 0.958. The first-order chi connectivity index (χ1) is 8.63. The van der Waals surface area contributed by atoms with Gasteiger partial charge in [0.15, 0.2) is 0 Å². The van der Waals surface area contributed by atoms with Gasteiger partial charge in [-0.05, 0) is 60.3 Å². The minimum atomic E-state index is 0.564. The third-order valence-electron chi connectivity index (χ3n) is 3.93. The number of nitrogens with zero attached hydrogens (tertiary/aromatic N) is 1. The molecule has 1 saturated heterocycles. The van der Waals surface area contributed by atoms with Crippen molar-refractivity contribution < 1.29 is 0 Å². The monoisotopic (exact) mass is 328 g/mol. The zero-order valence-electron chi connectivity index (χ0n) is 10.5. The van der Waals surface area contributed by atoms with Crippen LogP contribution in [0.4, 0.5) is 5.69 Å². The van der Waals surface area contributed by atoms with Gasteiger partial charge in [-0.25, -0.2) is 0 Å². The molecule has 2 fully saturated rings. The highest BCUT2D eigenvalue weighted by Crippen LogP contribution is 2.34. The van der Waals surface area contributed by atoms with Crippen molar-refractivity contribution in [2.24, 2.45) is 0 Å². The Morgan fingerprint density at radius 2 is 2.17 bits per heavy atom. The van der Waals surface area contributed by atoms with E-state index in [1.54, 1.807) is 0 Å². The molecule has 1 aromatic carbocycles. The van der Waals surface area contributed by atoms with E-state index in [1.807, 2.05) is 6.07 Å². The summed E-state index contributed by atoms with van der Waals surface area (Å²) in [6.07, 6.45) is 4.02. The van der Waals surface area contributed by atoms with Crippen LogP contribution in [-0.2, 0) is 0 Å². The van der Waals surface area contributed by atoms with Gasteiger partial charge in [-0.2, -0.15) is 0 Å². The molecule has 3 rings (SSSR count). The predicted octanol–water partition coefficient (Wildman–Crippen LogP) is 4.14. The Morgan fingerprint density at radius 3 is 2.83 bits per heavy atom. The summed E-state index contributed by atoms with van der Waals surface area (Å²) >= 11 is 9.48. The van der Waals surface area contributed by atoms with E-state index in [-0.39, 0.29) is 0 Å². The van der Waals surface area contributed by atoms with E-state index in [2.05, 4.69) is 45.2 Å². The maximum absolute atomic E-state index is 6.01. The van der Waals surface area contributed by atoms with E-state index in [9.17, 15) is 0 Å². The number of hydrogen-bond donors (Lipinski definition) is 1. The number of hydrogen-bond acceptors (Lipinski definition) is 2. The summed E-state index contributed by atoms with van der Waals surface area (Å²) in [4.78, 5) is 2.66. The zero-order chi connectivity index (χ0) is 12.7. The summed E-state index contributed by atoms with van der Waals surface area (Å²) in [6.45, 7) is 3.52. The second-order valence-electron chi connectivity index (χ2n) is 5.48. The first-order valence-corrected chi connectivity index (χ1v) is 7.78. The third kappa shape index (κ3) is 2.68. The molecule has 2 aliphatic rings. The second-order valence-corrected chi connectivity index (χ2v) is 6.74. The van der Waals surface area contributed by atoms with E-state index < -0.39 is 0 Å². The smallest absolute Gasteiger partial charge is 0.0549 e. The van der Waals surface area contributed by atoms with Crippen LogP contribution in [0, 0.1) is 0 Å². The molecule has 18 heavy (non-hydrogen) atoms. The quantitative estimate of drug-likeness (QED) is 0.896. The van der Waals surface area contributed by atoms with E-state index in [0.29, 0.717) is 12.1 Å². The molecule has 98 valence electrons. The SMILES string of the molecule is CC1CC(Nc2ccc(Cl)c(Br)c2)CN1C1CC1. The average molecular weight is 330 g/mol. The number of likely N-dealkylation sites (tertiary alicyclic amines) is 1. The Kier molecular flexibility index (Phi) is 3.57. The molecular weight excluding hydrogens is 312 g/mol. The Bertz CT molecular complexity index is 447. The van der Waals surface area contributed by atoms with Crippen LogP contribution in [-0.4, -0.2) is 29.6 Å². The van der Waals surface area contributed by atoms with Gasteiger partial charge in [0.2, 0.25) is 0 Å². The summed E-state index contributed by atoms with van der Waals surface area (Å²) in [7, 11) is 0. The molecule has 1 N–H and O–H groups in total. The Balaban J connectivity index is 1.64. The minimum absolute atomic E-state index is 0.564. The lowest BCUT2D eigenvalue weighted by Gasteiger charge is -2.20. The van der Waals surface area contributed by atoms with Gasteiger partial charge in [0, 0.05) is 34.8 Å². The van der Waals surface area contributed by atoms with Gasteiger partial charge in [0.25, 0.3) is 0 Å². The van der Waals surface area contributed by atoms with Crippen LogP contribution in [0.5, 0.6) is 0 Å². The zero-order valence-corrected chi connectivity index (χ0v) is 12.8. The molecule has 4 heteroatoms. The van der Waals surface area contributed by atoms with E-state index in [0.717, 1.165) is 21.2 Å². The van der Waals surface area contributed by atoms with Crippen molar-refractivity contribution in [1.29, 1.82) is 0 Å². The van der Waals surface area contributed by atoms with Gasteiger partial charge >= 0.3 is 0 Å². The molecular formula is C14H18BrClN2. The lowest BCUT2D eigenvalue weighted by atomic mass is 10.2. The Morgan fingerprint density at radius 1 is 1.39 bits per heavy atom. The van der Waals surface area contributed by atoms with Gasteiger partial charge < -0.3 is 5.32 Å². The van der Waals surface area contributed by atoms with E-state index in [1.165, 1.54) is 25.8 Å². The van der Waals surface area contributed by atoms with Crippen molar-refractivity contribution in [2.75, 3.05) is 11.9 Å². The highest BCUT2D eigenvalue weighted by Gasteiger charge is 2.38. The molecule has 2 atom stereocenters. The fraction of sp³-hybridized carbons (Fsp3) is 0.571. The first kappa shape index (κ1) is 12.8. The molecule has 2 nitrogen and oxygen atoms in total. The molecule has 2 unspecified atom stereocenters. The van der Waals surface area contributed by atoms with Crippen LogP contribution in [0.1, 0.15) is 26.2 Å². The van der Waals surface area contributed by atoms with Crippen molar-refractivity contribution in [3.8, 4) is 0 Å². The first-order valence-electron chi connectivity index (χ1n) is 6.61. The highest BCUT2D eigenvalue weighted by atomic mass is 79.9. The van der Waals surface area contributed by atoms with Crippen molar-refractivity contribution in [3.05, 3.63) is 27.7 Å². The molecule has 0 bridgehead atoms. The maximum Gasteiger partial charge on any atom is 0.0549 e. The maximum atomic E-state index is 6.01. The summed E-state index contributed by atoms with van der Waals surface area (Å²) in [6, 6.07) is 8.19. The number of rotatable bonds is 3. The number of anilines is 1. The molecule has 0 radical (unpaired) electrons. The fourth-order valence-electron chi connectivity index (χ4n) is 2.90. The van der Waals surface area contributed by atoms with Gasteiger partial charge in [0.1, 0.15) is 0 Å². The Labute approximate surface area is 122 Å². The molecule has 1 saturated carbocycles. The van der Waals surface area contributed by atoms with Crippen molar-refractivity contribution in [1.82, 2.24) is 4.90 Å². The lowest BCUT2D eigenvalue weighted by Crippen LogP contribution is -2.30. The highest BCUT2D eigenvalue weighted by molar-refractivity contribution is 9.10. The lowest BCUT2D eigenvalue weighted by molar-refractivity contribution is 0.257. The topological polar surface area (TPSA) is 15.3 Å². The Hall–Kier alpha value is -0.250. The molecule has 0 aromatic heterocycles. The third-order valence-corrected chi connectivity index (χ3v) is 5.14. The van der Waals surface area contributed by atoms with Crippen LogP contribution < -0.4 is 5.32 Å².